The zero-order valence-electron chi connectivity index (χ0n) is 11.2. The minimum atomic E-state index is -4.27. The number of anilines is 1. The molecule has 0 aliphatic heterocycles. The van der Waals surface area contributed by atoms with E-state index in [9.17, 15) is 18.0 Å². The normalized spacial score (nSPS) is 11.3. The summed E-state index contributed by atoms with van der Waals surface area (Å²) in [6.07, 6.45) is -4.27. The summed E-state index contributed by atoms with van der Waals surface area (Å²) in [5.41, 5.74) is 0.719. The van der Waals surface area contributed by atoms with Crippen molar-refractivity contribution in [3.63, 3.8) is 0 Å². The van der Waals surface area contributed by atoms with Crippen molar-refractivity contribution in [2.75, 3.05) is 11.1 Å². The van der Waals surface area contributed by atoms with Gasteiger partial charge in [0.1, 0.15) is 0 Å². The first-order valence-electron chi connectivity index (χ1n) is 6.21. The number of rotatable bonds is 4. The van der Waals surface area contributed by atoms with E-state index in [4.69, 9.17) is 11.6 Å². The molecule has 2 aromatic rings. The second kappa shape index (κ2) is 7.07. The molecule has 0 atom stereocenters. The maximum Gasteiger partial charge on any atom is 0.398 e. The van der Waals surface area contributed by atoms with Crippen LogP contribution in [0.1, 0.15) is 10.4 Å². The number of halogens is 4. The molecule has 0 aromatic heterocycles. The maximum atomic E-state index is 12.3. The lowest BCUT2D eigenvalue weighted by atomic mass is 10.2. The van der Waals surface area contributed by atoms with Crippen molar-refractivity contribution >= 4 is 35.0 Å². The summed E-state index contributed by atoms with van der Waals surface area (Å²) in [5.74, 6) is -1.42. The Hall–Kier alpha value is -1.66. The summed E-state index contributed by atoms with van der Waals surface area (Å²) >= 11 is 6.38. The van der Waals surface area contributed by atoms with E-state index in [0.29, 0.717) is 32.9 Å². The van der Waals surface area contributed by atoms with Crippen molar-refractivity contribution in [3.8, 4) is 0 Å². The van der Waals surface area contributed by atoms with Crippen LogP contribution in [0.5, 0.6) is 0 Å². The van der Waals surface area contributed by atoms with E-state index in [1.54, 1.807) is 42.5 Å². The lowest BCUT2D eigenvalue weighted by Gasteiger charge is -2.12. The standard InChI is InChI=1S/C15H11ClF3NOS/c16-11-7-5-10(6-8-11)14(21)20-12-3-1-2-4-13(12)22-9-15(17,18)19/h1-8H,9H2,(H,20,21). The average molecular weight is 346 g/mol. The van der Waals surface area contributed by atoms with Crippen LogP contribution in [0.15, 0.2) is 53.4 Å². The zero-order valence-corrected chi connectivity index (χ0v) is 12.7. The van der Waals surface area contributed by atoms with E-state index in [1.807, 2.05) is 0 Å². The highest BCUT2D eigenvalue weighted by Crippen LogP contribution is 2.32. The molecule has 0 saturated carbocycles. The Morgan fingerprint density at radius 2 is 1.73 bits per heavy atom. The van der Waals surface area contributed by atoms with Gasteiger partial charge in [0.15, 0.2) is 0 Å². The molecule has 0 aliphatic carbocycles. The summed E-state index contributed by atoms with van der Waals surface area (Å²) < 4.78 is 37.0. The number of carbonyl (C=O) groups is 1. The Labute approximate surface area is 134 Å². The van der Waals surface area contributed by atoms with E-state index in [2.05, 4.69) is 5.32 Å². The summed E-state index contributed by atoms with van der Waals surface area (Å²) in [6.45, 7) is 0. The lowest BCUT2D eigenvalue weighted by molar-refractivity contribution is -0.105. The van der Waals surface area contributed by atoms with Gasteiger partial charge in [-0.25, -0.2) is 0 Å². The van der Waals surface area contributed by atoms with Crippen molar-refractivity contribution in [1.82, 2.24) is 0 Å². The molecule has 0 bridgehead atoms. The summed E-state index contributed by atoms with van der Waals surface area (Å²) in [6, 6.07) is 12.6. The predicted molar refractivity (Wildman–Crippen MR) is 82.6 cm³/mol. The molecule has 2 aromatic carbocycles. The molecule has 0 heterocycles. The molecule has 2 nitrogen and oxygen atoms in total. The Morgan fingerprint density at radius 1 is 1.09 bits per heavy atom. The lowest BCUT2D eigenvalue weighted by Crippen LogP contribution is -2.13. The van der Waals surface area contributed by atoms with E-state index in [0.717, 1.165) is 0 Å². The van der Waals surface area contributed by atoms with Crippen LogP contribution in [-0.2, 0) is 0 Å². The molecule has 1 N–H and O–H groups in total. The highest BCUT2D eigenvalue weighted by molar-refractivity contribution is 7.99. The first-order valence-corrected chi connectivity index (χ1v) is 7.57. The number of nitrogens with one attached hydrogen (secondary N) is 1. The van der Waals surface area contributed by atoms with Crippen LogP contribution < -0.4 is 5.32 Å². The third-order valence-corrected chi connectivity index (χ3v) is 4.02. The van der Waals surface area contributed by atoms with Crippen molar-refractivity contribution in [2.45, 2.75) is 11.1 Å². The minimum absolute atomic E-state index is 0.344. The van der Waals surface area contributed by atoms with E-state index >= 15 is 0 Å². The molecule has 0 saturated heterocycles. The summed E-state index contributed by atoms with van der Waals surface area (Å²) in [5, 5.41) is 3.11. The van der Waals surface area contributed by atoms with Gasteiger partial charge in [0.2, 0.25) is 0 Å². The summed E-state index contributed by atoms with van der Waals surface area (Å²) in [7, 11) is 0. The second-order valence-electron chi connectivity index (χ2n) is 4.36. The predicted octanol–water partition coefficient (Wildman–Crippen LogP) is 5.25. The smallest absolute Gasteiger partial charge is 0.321 e. The molecule has 0 aliphatic rings. The number of carbonyl (C=O) groups excluding carboxylic acids is 1. The van der Waals surface area contributed by atoms with Gasteiger partial charge in [-0.2, -0.15) is 13.2 Å². The average Bonchev–Trinajstić information content (AvgIpc) is 2.46. The number of thioether (sulfide) groups is 1. The van der Waals surface area contributed by atoms with Gasteiger partial charge in [0.25, 0.3) is 5.91 Å². The van der Waals surface area contributed by atoms with Crippen LogP contribution in [0.25, 0.3) is 0 Å². The first-order chi connectivity index (χ1) is 10.3. The second-order valence-corrected chi connectivity index (χ2v) is 5.81. The molecule has 0 unspecified atom stereocenters. The molecular formula is C15H11ClF3NOS. The number of amides is 1. The molecule has 0 spiro atoms. The zero-order chi connectivity index (χ0) is 16.2. The number of para-hydroxylation sites is 1. The van der Waals surface area contributed by atoms with Crippen molar-refractivity contribution in [3.05, 3.63) is 59.1 Å². The molecular weight excluding hydrogens is 335 g/mol. The molecule has 7 heteroatoms. The van der Waals surface area contributed by atoms with E-state index in [-0.39, 0.29) is 0 Å². The largest absolute Gasteiger partial charge is 0.398 e. The van der Waals surface area contributed by atoms with Gasteiger partial charge >= 0.3 is 6.18 Å². The Bertz CT molecular complexity index is 659. The van der Waals surface area contributed by atoms with E-state index in [1.165, 1.54) is 6.07 Å². The van der Waals surface area contributed by atoms with Crippen LogP contribution in [0, 0.1) is 0 Å². The van der Waals surface area contributed by atoms with Gasteiger partial charge < -0.3 is 5.32 Å². The summed E-state index contributed by atoms with van der Waals surface area (Å²) in [4.78, 5) is 12.5. The van der Waals surface area contributed by atoms with Crippen molar-refractivity contribution < 1.29 is 18.0 Å². The first kappa shape index (κ1) is 16.7. The third-order valence-electron chi connectivity index (χ3n) is 2.63. The van der Waals surface area contributed by atoms with Gasteiger partial charge in [0.05, 0.1) is 11.4 Å². The fourth-order valence-corrected chi connectivity index (χ4v) is 2.55. The van der Waals surface area contributed by atoms with Crippen LogP contribution in [0.4, 0.5) is 18.9 Å². The van der Waals surface area contributed by atoms with Crippen molar-refractivity contribution in [2.24, 2.45) is 0 Å². The molecule has 0 fully saturated rings. The van der Waals surface area contributed by atoms with Gasteiger partial charge in [-0.15, -0.1) is 11.8 Å². The minimum Gasteiger partial charge on any atom is -0.321 e. The fourth-order valence-electron chi connectivity index (χ4n) is 1.65. The van der Waals surface area contributed by atoms with Gasteiger partial charge in [-0.05, 0) is 36.4 Å². The Kier molecular flexibility index (Phi) is 5.37. The fraction of sp³-hybridized carbons (Fsp3) is 0.133. The van der Waals surface area contributed by atoms with Crippen LogP contribution in [0.2, 0.25) is 5.02 Å². The Morgan fingerprint density at radius 3 is 2.36 bits per heavy atom. The number of benzene rings is 2. The van der Waals surface area contributed by atoms with Gasteiger partial charge in [-0.3, -0.25) is 4.79 Å². The third kappa shape index (κ3) is 4.96. The monoisotopic (exact) mass is 345 g/mol. The van der Waals surface area contributed by atoms with Crippen molar-refractivity contribution in [1.29, 1.82) is 0 Å². The molecule has 0 radical (unpaired) electrons. The molecule has 116 valence electrons. The maximum absolute atomic E-state index is 12.3. The number of alkyl halides is 3. The topological polar surface area (TPSA) is 29.1 Å². The molecule has 1 amide bonds. The highest BCUT2D eigenvalue weighted by atomic mass is 35.5. The van der Waals surface area contributed by atoms with E-state index < -0.39 is 17.8 Å². The van der Waals surface area contributed by atoms with Crippen LogP contribution >= 0.6 is 23.4 Å². The highest BCUT2D eigenvalue weighted by Gasteiger charge is 2.27. The number of hydrogen-bond acceptors (Lipinski definition) is 2. The van der Waals surface area contributed by atoms with Crippen LogP contribution in [0.3, 0.4) is 0 Å². The SMILES string of the molecule is O=C(Nc1ccccc1SCC(F)(F)F)c1ccc(Cl)cc1. The Balaban J connectivity index is 2.12. The van der Waals surface area contributed by atoms with Gasteiger partial charge in [0, 0.05) is 15.5 Å². The molecule has 22 heavy (non-hydrogen) atoms. The van der Waals surface area contributed by atoms with Crippen LogP contribution in [-0.4, -0.2) is 17.8 Å². The van der Waals surface area contributed by atoms with Gasteiger partial charge in [-0.1, -0.05) is 23.7 Å². The molecule has 2 rings (SSSR count). The quantitative estimate of drug-likeness (QED) is 0.767. The number of hydrogen-bond donors (Lipinski definition) is 1.